The molecule has 0 amide bonds. The molecular formula is C13H16F2O3. The molecule has 0 spiro atoms. The number of carbonyl (C=O) groups is 1. The van der Waals surface area contributed by atoms with Crippen molar-refractivity contribution in [1.82, 2.24) is 0 Å². The van der Waals surface area contributed by atoms with Crippen LogP contribution in [0.2, 0.25) is 0 Å². The first-order chi connectivity index (χ1) is 8.31. The molecule has 100 valence electrons. The molecule has 18 heavy (non-hydrogen) atoms. The molecule has 0 aliphatic carbocycles. The molecule has 5 heteroatoms. The van der Waals surface area contributed by atoms with Crippen LogP contribution in [-0.4, -0.2) is 18.2 Å². The lowest BCUT2D eigenvalue weighted by molar-refractivity contribution is -0.146. The standard InChI is InChI=1S/C13H16F2O3/c1-13(2,12(16)17)6-9-4-8(7-14)5-10(15)11(9)18-3/h4-5H,6-7H2,1-3H3,(H,16,17). The van der Waals surface area contributed by atoms with Gasteiger partial charge in [-0.25, -0.2) is 8.78 Å². The lowest BCUT2D eigenvalue weighted by atomic mass is 9.85. The first-order valence-corrected chi connectivity index (χ1v) is 5.46. The summed E-state index contributed by atoms with van der Waals surface area (Å²) in [6.45, 7) is 2.24. The van der Waals surface area contributed by atoms with Crippen molar-refractivity contribution in [3.63, 3.8) is 0 Å². The highest BCUT2D eigenvalue weighted by Crippen LogP contribution is 2.31. The zero-order chi connectivity index (χ0) is 13.9. The van der Waals surface area contributed by atoms with Gasteiger partial charge in [-0.3, -0.25) is 4.79 Å². The van der Waals surface area contributed by atoms with Crippen LogP contribution in [0.15, 0.2) is 12.1 Å². The number of rotatable bonds is 5. The molecule has 0 saturated heterocycles. The number of aliphatic carboxylic acids is 1. The van der Waals surface area contributed by atoms with E-state index >= 15 is 0 Å². The van der Waals surface area contributed by atoms with Crippen LogP contribution in [-0.2, 0) is 17.9 Å². The van der Waals surface area contributed by atoms with Crippen LogP contribution < -0.4 is 4.74 Å². The second-order valence-corrected chi connectivity index (χ2v) is 4.77. The number of hydrogen-bond donors (Lipinski definition) is 1. The fourth-order valence-corrected chi connectivity index (χ4v) is 1.70. The highest BCUT2D eigenvalue weighted by molar-refractivity contribution is 5.74. The lowest BCUT2D eigenvalue weighted by Crippen LogP contribution is -2.26. The molecule has 0 aliphatic heterocycles. The topological polar surface area (TPSA) is 46.5 Å². The highest BCUT2D eigenvalue weighted by Gasteiger charge is 2.29. The normalized spacial score (nSPS) is 11.4. The number of hydrogen-bond acceptors (Lipinski definition) is 2. The predicted octanol–water partition coefficient (Wildman–Crippen LogP) is 2.96. The third-order valence-corrected chi connectivity index (χ3v) is 2.75. The molecule has 0 fully saturated rings. The Hall–Kier alpha value is -1.65. The van der Waals surface area contributed by atoms with E-state index in [4.69, 9.17) is 9.84 Å². The molecule has 1 N–H and O–H groups in total. The van der Waals surface area contributed by atoms with Gasteiger partial charge in [0.05, 0.1) is 12.5 Å². The van der Waals surface area contributed by atoms with Gasteiger partial charge < -0.3 is 9.84 Å². The van der Waals surface area contributed by atoms with Crippen molar-refractivity contribution in [3.8, 4) is 5.75 Å². The second-order valence-electron chi connectivity index (χ2n) is 4.77. The largest absolute Gasteiger partial charge is 0.493 e. The van der Waals surface area contributed by atoms with Crippen LogP contribution in [0, 0.1) is 11.2 Å². The molecule has 0 aromatic heterocycles. The fraction of sp³-hybridized carbons (Fsp3) is 0.462. The number of halogens is 2. The Balaban J connectivity index is 3.22. The first kappa shape index (κ1) is 14.4. The summed E-state index contributed by atoms with van der Waals surface area (Å²) in [7, 11) is 1.30. The molecule has 0 heterocycles. The first-order valence-electron chi connectivity index (χ1n) is 5.46. The smallest absolute Gasteiger partial charge is 0.309 e. The van der Waals surface area contributed by atoms with Crippen molar-refractivity contribution in [3.05, 3.63) is 29.1 Å². The maximum absolute atomic E-state index is 13.6. The van der Waals surface area contributed by atoms with Gasteiger partial charge >= 0.3 is 5.97 Å². The Morgan fingerprint density at radius 2 is 2.06 bits per heavy atom. The molecule has 0 atom stereocenters. The van der Waals surface area contributed by atoms with Gasteiger partial charge in [-0.05, 0) is 43.5 Å². The zero-order valence-electron chi connectivity index (χ0n) is 10.6. The molecule has 1 aromatic rings. The van der Waals surface area contributed by atoms with Crippen molar-refractivity contribution in [1.29, 1.82) is 0 Å². The number of alkyl halides is 1. The number of methoxy groups -OCH3 is 1. The average molecular weight is 258 g/mol. The van der Waals surface area contributed by atoms with E-state index in [1.165, 1.54) is 27.0 Å². The SMILES string of the molecule is COc1c(F)cc(CF)cc1CC(C)(C)C(=O)O. The fourth-order valence-electron chi connectivity index (χ4n) is 1.70. The maximum atomic E-state index is 13.6. The minimum absolute atomic E-state index is 0.0264. The van der Waals surface area contributed by atoms with Gasteiger partial charge in [0.15, 0.2) is 11.6 Å². The Labute approximate surface area is 104 Å². The number of ether oxygens (including phenoxy) is 1. The van der Waals surface area contributed by atoms with E-state index in [0.717, 1.165) is 6.07 Å². The molecule has 0 unspecified atom stereocenters. The van der Waals surface area contributed by atoms with E-state index in [1.807, 2.05) is 0 Å². The summed E-state index contributed by atoms with van der Waals surface area (Å²) in [6, 6.07) is 2.49. The van der Waals surface area contributed by atoms with E-state index < -0.39 is 23.9 Å². The third kappa shape index (κ3) is 2.97. The monoisotopic (exact) mass is 258 g/mol. The van der Waals surface area contributed by atoms with E-state index in [9.17, 15) is 13.6 Å². The molecule has 1 aromatic carbocycles. The van der Waals surface area contributed by atoms with Crippen molar-refractivity contribution in [2.24, 2.45) is 5.41 Å². The number of benzene rings is 1. The van der Waals surface area contributed by atoms with Crippen LogP contribution in [0.25, 0.3) is 0 Å². The minimum atomic E-state index is -1.07. The Morgan fingerprint density at radius 1 is 1.44 bits per heavy atom. The van der Waals surface area contributed by atoms with Crippen LogP contribution in [0.1, 0.15) is 25.0 Å². The lowest BCUT2D eigenvalue weighted by Gasteiger charge is -2.21. The third-order valence-electron chi connectivity index (χ3n) is 2.75. The molecular weight excluding hydrogens is 242 g/mol. The van der Waals surface area contributed by atoms with Crippen LogP contribution in [0.4, 0.5) is 8.78 Å². The van der Waals surface area contributed by atoms with Gasteiger partial charge in [0, 0.05) is 0 Å². The van der Waals surface area contributed by atoms with Gasteiger partial charge in [0.1, 0.15) is 6.67 Å². The molecule has 1 rings (SSSR count). The van der Waals surface area contributed by atoms with Crippen molar-refractivity contribution in [2.75, 3.05) is 7.11 Å². The maximum Gasteiger partial charge on any atom is 0.309 e. The number of carboxylic acid groups (broad SMARTS) is 1. The predicted molar refractivity (Wildman–Crippen MR) is 62.9 cm³/mol. The summed E-state index contributed by atoms with van der Waals surface area (Å²) in [5.41, 5.74) is -0.545. The summed E-state index contributed by atoms with van der Waals surface area (Å²) in [4.78, 5) is 11.1. The van der Waals surface area contributed by atoms with Gasteiger partial charge in [-0.15, -0.1) is 0 Å². The van der Waals surface area contributed by atoms with E-state index in [1.54, 1.807) is 0 Å². The summed E-state index contributed by atoms with van der Waals surface area (Å²) in [5.74, 6) is -1.71. The average Bonchev–Trinajstić information content (AvgIpc) is 2.27. The molecule has 0 aliphatic rings. The van der Waals surface area contributed by atoms with Gasteiger partial charge in [-0.2, -0.15) is 0 Å². The summed E-state index contributed by atoms with van der Waals surface area (Å²) in [6.07, 6.45) is 0.0657. The summed E-state index contributed by atoms with van der Waals surface area (Å²) >= 11 is 0. The molecule has 3 nitrogen and oxygen atoms in total. The van der Waals surface area contributed by atoms with Crippen LogP contribution in [0.3, 0.4) is 0 Å². The van der Waals surface area contributed by atoms with Crippen molar-refractivity contribution in [2.45, 2.75) is 26.9 Å². The summed E-state index contributed by atoms with van der Waals surface area (Å²) < 4.78 is 31.1. The molecule has 0 bridgehead atoms. The molecule has 0 radical (unpaired) electrons. The van der Waals surface area contributed by atoms with Crippen LogP contribution in [0.5, 0.6) is 5.75 Å². The van der Waals surface area contributed by atoms with Gasteiger partial charge in [0.2, 0.25) is 0 Å². The molecule has 0 saturated carbocycles. The Kier molecular flexibility index (Phi) is 4.27. The van der Waals surface area contributed by atoms with E-state index in [-0.39, 0.29) is 17.7 Å². The summed E-state index contributed by atoms with van der Waals surface area (Å²) in [5, 5.41) is 9.05. The Bertz CT molecular complexity index is 456. The minimum Gasteiger partial charge on any atom is -0.493 e. The second kappa shape index (κ2) is 5.33. The highest BCUT2D eigenvalue weighted by atomic mass is 19.1. The van der Waals surface area contributed by atoms with E-state index in [2.05, 4.69) is 0 Å². The van der Waals surface area contributed by atoms with Crippen molar-refractivity contribution < 1.29 is 23.4 Å². The van der Waals surface area contributed by atoms with Gasteiger partial charge in [-0.1, -0.05) is 0 Å². The Morgan fingerprint density at radius 3 is 2.50 bits per heavy atom. The van der Waals surface area contributed by atoms with E-state index in [0.29, 0.717) is 5.56 Å². The van der Waals surface area contributed by atoms with Crippen LogP contribution >= 0.6 is 0 Å². The van der Waals surface area contributed by atoms with Gasteiger partial charge in [0.25, 0.3) is 0 Å². The quantitative estimate of drug-likeness (QED) is 0.883. The number of carboxylic acids is 1. The van der Waals surface area contributed by atoms with Crippen molar-refractivity contribution >= 4 is 5.97 Å². The zero-order valence-corrected chi connectivity index (χ0v) is 10.6.